The Labute approximate surface area is 162 Å². The number of piperidine rings is 1. The number of anilines is 1. The summed E-state index contributed by atoms with van der Waals surface area (Å²) in [5.41, 5.74) is 0.368. The Balaban J connectivity index is 1.42. The van der Waals surface area contributed by atoms with E-state index < -0.39 is 0 Å². The summed E-state index contributed by atoms with van der Waals surface area (Å²) >= 11 is 3.42. The van der Waals surface area contributed by atoms with Crippen LogP contribution in [-0.4, -0.2) is 47.7 Å². The highest BCUT2D eigenvalue weighted by molar-refractivity contribution is 9.10. The highest BCUT2D eigenvalue weighted by Gasteiger charge is 2.50. The van der Waals surface area contributed by atoms with Crippen LogP contribution < -0.4 is 4.90 Å². The zero-order chi connectivity index (χ0) is 18.3. The molecular formula is C20H26BrFN2O2. The van der Waals surface area contributed by atoms with Gasteiger partial charge in [0.1, 0.15) is 5.82 Å². The first-order valence-electron chi connectivity index (χ1n) is 9.68. The van der Waals surface area contributed by atoms with Crippen LogP contribution in [0.4, 0.5) is 10.1 Å². The van der Waals surface area contributed by atoms with Crippen LogP contribution >= 0.6 is 15.9 Å². The minimum atomic E-state index is -0.255. The van der Waals surface area contributed by atoms with Gasteiger partial charge in [0.25, 0.3) is 0 Å². The highest BCUT2D eigenvalue weighted by Crippen LogP contribution is 2.44. The molecule has 3 fully saturated rings. The molecule has 0 bridgehead atoms. The fourth-order valence-electron chi connectivity index (χ4n) is 4.93. The molecule has 1 amide bonds. The van der Waals surface area contributed by atoms with Gasteiger partial charge < -0.3 is 14.9 Å². The Kier molecular flexibility index (Phi) is 4.99. The molecular weight excluding hydrogens is 399 g/mol. The number of hydrogen-bond acceptors (Lipinski definition) is 3. The fraction of sp³-hybridized carbons (Fsp3) is 0.650. The standard InChI is InChI=1S/C20H26BrFN2O2/c21-14-1-6-17(22)18(13-14)23-10-7-20(8-11-23)9-12-24(19(20)26)15-2-4-16(25)5-3-15/h1,6,13,15-16,25H,2-5,7-12H2. The molecule has 0 unspecified atom stereocenters. The third-order valence-electron chi connectivity index (χ3n) is 6.62. The summed E-state index contributed by atoms with van der Waals surface area (Å²) in [6.07, 6.45) is 5.75. The van der Waals surface area contributed by atoms with E-state index in [4.69, 9.17) is 0 Å². The van der Waals surface area contributed by atoms with Crippen molar-refractivity contribution in [1.29, 1.82) is 0 Å². The van der Waals surface area contributed by atoms with E-state index in [1.165, 1.54) is 6.07 Å². The van der Waals surface area contributed by atoms with Crippen molar-refractivity contribution < 1.29 is 14.3 Å². The second-order valence-electron chi connectivity index (χ2n) is 8.07. The van der Waals surface area contributed by atoms with Gasteiger partial charge in [-0.15, -0.1) is 0 Å². The number of aliphatic hydroxyl groups is 1. The number of rotatable bonds is 2. The first kappa shape index (κ1) is 18.2. The van der Waals surface area contributed by atoms with Crippen LogP contribution in [0.15, 0.2) is 22.7 Å². The lowest BCUT2D eigenvalue weighted by Crippen LogP contribution is -2.47. The normalized spacial score (nSPS) is 28.8. The van der Waals surface area contributed by atoms with Gasteiger partial charge in [0.15, 0.2) is 0 Å². The summed E-state index contributed by atoms with van der Waals surface area (Å²) in [5.74, 6) is 0.0949. The molecule has 1 spiro atoms. The van der Waals surface area contributed by atoms with Crippen molar-refractivity contribution in [1.82, 2.24) is 4.90 Å². The molecule has 1 aliphatic carbocycles. The summed E-state index contributed by atoms with van der Waals surface area (Å²) in [6.45, 7) is 2.28. The van der Waals surface area contributed by atoms with Gasteiger partial charge in [-0.25, -0.2) is 4.39 Å². The van der Waals surface area contributed by atoms with Crippen LogP contribution in [0, 0.1) is 11.2 Å². The number of aliphatic hydroxyl groups excluding tert-OH is 1. The van der Waals surface area contributed by atoms with Gasteiger partial charge in [0.2, 0.25) is 5.91 Å². The molecule has 1 aromatic carbocycles. The molecule has 4 nitrogen and oxygen atoms in total. The topological polar surface area (TPSA) is 43.8 Å². The molecule has 0 atom stereocenters. The predicted molar refractivity (Wildman–Crippen MR) is 103 cm³/mol. The molecule has 0 aromatic heterocycles. The molecule has 0 radical (unpaired) electrons. The Hall–Kier alpha value is -1.14. The maximum absolute atomic E-state index is 14.2. The second-order valence-corrected chi connectivity index (χ2v) is 8.99. The van der Waals surface area contributed by atoms with Crippen molar-refractivity contribution in [3.8, 4) is 0 Å². The largest absolute Gasteiger partial charge is 0.393 e. The molecule has 2 aliphatic heterocycles. The van der Waals surface area contributed by atoms with E-state index in [0.717, 1.165) is 69.1 Å². The quantitative estimate of drug-likeness (QED) is 0.786. The number of likely N-dealkylation sites (tertiary alicyclic amines) is 1. The number of nitrogens with zero attached hydrogens (tertiary/aromatic N) is 2. The number of benzene rings is 1. The van der Waals surface area contributed by atoms with Crippen molar-refractivity contribution in [3.05, 3.63) is 28.5 Å². The molecule has 2 heterocycles. The number of hydrogen-bond donors (Lipinski definition) is 1. The highest BCUT2D eigenvalue weighted by atomic mass is 79.9. The average molecular weight is 425 g/mol. The molecule has 2 saturated heterocycles. The molecule has 4 rings (SSSR count). The van der Waals surface area contributed by atoms with Crippen LogP contribution in [0.5, 0.6) is 0 Å². The van der Waals surface area contributed by atoms with Gasteiger partial charge in [0.05, 0.1) is 17.2 Å². The lowest BCUT2D eigenvalue weighted by molar-refractivity contribution is -0.139. The van der Waals surface area contributed by atoms with Gasteiger partial charge in [-0.3, -0.25) is 4.79 Å². The molecule has 3 aliphatic rings. The Morgan fingerprint density at radius 3 is 2.42 bits per heavy atom. The van der Waals surface area contributed by atoms with Crippen molar-refractivity contribution in [3.63, 3.8) is 0 Å². The van der Waals surface area contributed by atoms with Crippen LogP contribution in [-0.2, 0) is 4.79 Å². The van der Waals surface area contributed by atoms with Crippen LogP contribution in [0.2, 0.25) is 0 Å². The Bertz CT molecular complexity index is 682. The number of halogens is 2. The lowest BCUT2D eigenvalue weighted by Gasteiger charge is -2.40. The van der Waals surface area contributed by atoms with Gasteiger partial charge in [-0.05, 0) is 63.1 Å². The maximum Gasteiger partial charge on any atom is 0.229 e. The minimum absolute atomic E-state index is 0.193. The van der Waals surface area contributed by atoms with Gasteiger partial charge in [-0.1, -0.05) is 15.9 Å². The van der Waals surface area contributed by atoms with Crippen LogP contribution in [0.25, 0.3) is 0 Å². The first-order chi connectivity index (χ1) is 12.5. The SMILES string of the molecule is O=C1N(C2CCC(O)CC2)CCC12CCN(c1cc(Br)ccc1F)CC2. The Morgan fingerprint density at radius 1 is 1.08 bits per heavy atom. The zero-order valence-corrected chi connectivity index (χ0v) is 16.5. The van der Waals surface area contributed by atoms with Crippen molar-refractivity contribution >= 4 is 27.5 Å². The number of carbonyl (C=O) groups excluding carboxylic acids is 1. The van der Waals surface area contributed by atoms with Gasteiger partial charge in [-0.2, -0.15) is 0 Å². The lowest BCUT2D eigenvalue weighted by atomic mass is 9.77. The van der Waals surface area contributed by atoms with Crippen molar-refractivity contribution in [2.24, 2.45) is 5.41 Å². The average Bonchev–Trinajstić information content (AvgIpc) is 2.95. The second kappa shape index (κ2) is 7.12. The van der Waals surface area contributed by atoms with E-state index in [1.807, 2.05) is 6.07 Å². The number of carbonyl (C=O) groups is 1. The minimum Gasteiger partial charge on any atom is -0.393 e. The van der Waals surface area contributed by atoms with Gasteiger partial charge >= 0.3 is 0 Å². The van der Waals surface area contributed by atoms with Crippen molar-refractivity contribution in [2.75, 3.05) is 24.5 Å². The predicted octanol–water partition coefficient (Wildman–Crippen LogP) is 3.71. The van der Waals surface area contributed by atoms with E-state index in [1.54, 1.807) is 6.07 Å². The summed E-state index contributed by atoms with van der Waals surface area (Å²) in [4.78, 5) is 17.3. The third-order valence-corrected chi connectivity index (χ3v) is 7.12. The first-order valence-corrected chi connectivity index (χ1v) is 10.5. The fourth-order valence-corrected chi connectivity index (χ4v) is 5.28. The van der Waals surface area contributed by atoms with E-state index in [9.17, 15) is 14.3 Å². The monoisotopic (exact) mass is 424 g/mol. The molecule has 1 aromatic rings. The summed E-state index contributed by atoms with van der Waals surface area (Å²) < 4.78 is 15.0. The van der Waals surface area contributed by atoms with E-state index in [-0.39, 0.29) is 17.3 Å². The van der Waals surface area contributed by atoms with Crippen LogP contribution in [0.1, 0.15) is 44.9 Å². The number of amides is 1. The van der Waals surface area contributed by atoms with E-state index >= 15 is 0 Å². The van der Waals surface area contributed by atoms with Crippen molar-refractivity contribution in [2.45, 2.75) is 57.1 Å². The summed E-state index contributed by atoms with van der Waals surface area (Å²) in [7, 11) is 0. The molecule has 1 N–H and O–H groups in total. The van der Waals surface area contributed by atoms with E-state index in [0.29, 0.717) is 17.6 Å². The molecule has 142 valence electrons. The maximum atomic E-state index is 14.2. The third kappa shape index (κ3) is 3.26. The van der Waals surface area contributed by atoms with Gasteiger partial charge in [0, 0.05) is 30.1 Å². The Morgan fingerprint density at radius 2 is 1.73 bits per heavy atom. The molecule has 1 saturated carbocycles. The summed E-state index contributed by atoms with van der Waals surface area (Å²) in [6, 6.07) is 5.32. The molecule has 6 heteroatoms. The molecule has 26 heavy (non-hydrogen) atoms. The summed E-state index contributed by atoms with van der Waals surface area (Å²) in [5, 5.41) is 9.71. The van der Waals surface area contributed by atoms with Crippen LogP contribution in [0.3, 0.4) is 0 Å². The smallest absolute Gasteiger partial charge is 0.229 e. The zero-order valence-electron chi connectivity index (χ0n) is 15.0. The van der Waals surface area contributed by atoms with E-state index in [2.05, 4.69) is 25.7 Å².